The van der Waals surface area contributed by atoms with Crippen LogP contribution in [0.3, 0.4) is 0 Å². The van der Waals surface area contributed by atoms with Gasteiger partial charge in [0, 0.05) is 11.9 Å². The number of nitrogen functional groups attached to an aromatic ring is 1. The molecule has 0 aliphatic rings. The Bertz CT molecular complexity index is 414. The third-order valence-electron chi connectivity index (χ3n) is 1.52. The Morgan fingerprint density at radius 2 is 2.08 bits per heavy atom. The van der Waals surface area contributed by atoms with Crippen molar-refractivity contribution in [3.63, 3.8) is 0 Å². The lowest BCUT2D eigenvalue weighted by Gasteiger charge is -2.01. The van der Waals surface area contributed by atoms with Crippen LogP contribution >= 0.6 is 0 Å². The Hall–Kier alpha value is -1.17. The lowest BCUT2D eigenvalue weighted by molar-refractivity contribution is 0.597. The van der Waals surface area contributed by atoms with E-state index < -0.39 is 9.84 Å². The molecule has 0 aromatic carbocycles. The van der Waals surface area contributed by atoms with E-state index in [2.05, 4.69) is 9.97 Å². The summed E-state index contributed by atoms with van der Waals surface area (Å²) in [5, 5.41) is -0.0168. The summed E-state index contributed by atoms with van der Waals surface area (Å²) in [6, 6.07) is 1.44. The zero-order valence-corrected chi connectivity index (χ0v) is 8.30. The number of sulfone groups is 1. The van der Waals surface area contributed by atoms with Gasteiger partial charge in [0.05, 0.1) is 0 Å². The van der Waals surface area contributed by atoms with E-state index >= 15 is 0 Å². The standard InChI is InChI=1S/C7H11N3O2S/c1-3-5-4-6(13(2,11)12)10-7(8)9-5/h4H,3H2,1-2H3,(H2,8,9,10). The predicted molar refractivity (Wildman–Crippen MR) is 48.9 cm³/mol. The molecule has 72 valence electrons. The Labute approximate surface area is 76.9 Å². The first-order valence-corrected chi connectivity index (χ1v) is 5.66. The molecule has 0 aliphatic heterocycles. The number of hydrogen-bond donors (Lipinski definition) is 1. The van der Waals surface area contributed by atoms with Crippen molar-refractivity contribution in [3.05, 3.63) is 11.8 Å². The van der Waals surface area contributed by atoms with E-state index in [-0.39, 0.29) is 11.0 Å². The molecule has 0 fully saturated rings. The van der Waals surface area contributed by atoms with Crippen molar-refractivity contribution < 1.29 is 8.42 Å². The summed E-state index contributed by atoms with van der Waals surface area (Å²) in [7, 11) is -3.29. The molecule has 1 aromatic heterocycles. The van der Waals surface area contributed by atoms with Gasteiger partial charge in [-0.25, -0.2) is 18.4 Å². The average molecular weight is 201 g/mol. The quantitative estimate of drug-likeness (QED) is 0.682. The van der Waals surface area contributed by atoms with Gasteiger partial charge in [-0.2, -0.15) is 0 Å². The summed E-state index contributed by atoms with van der Waals surface area (Å²) in [6.45, 7) is 1.87. The SMILES string of the molecule is CCc1cc(S(C)(=O)=O)nc(N)n1. The van der Waals surface area contributed by atoms with E-state index in [1.807, 2.05) is 6.92 Å². The molecule has 1 heterocycles. The second-order valence-corrected chi connectivity index (χ2v) is 4.64. The van der Waals surface area contributed by atoms with Crippen LogP contribution < -0.4 is 5.73 Å². The zero-order chi connectivity index (χ0) is 10.1. The molecular formula is C7H11N3O2S. The number of nitrogens with two attached hydrogens (primary N) is 1. The summed E-state index contributed by atoms with van der Waals surface area (Å²) in [6.07, 6.45) is 1.73. The average Bonchev–Trinajstić information content (AvgIpc) is 2.01. The predicted octanol–water partition coefficient (Wildman–Crippen LogP) is 0.0247. The van der Waals surface area contributed by atoms with Crippen LogP contribution in [0.1, 0.15) is 12.6 Å². The monoisotopic (exact) mass is 201 g/mol. The van der Waals surface area contributed by atoms with E-state index in [0.717, 1.165) is 6.26 Å². The van der Waals surface area contributed by atoms with Crippen molar-refractivity contribution in [3.8, 4) is 0 Å². The zero-order valence-electron chi connectivity index (χ0n) is 7.48. The van der Waals surface area contributed by atoms with E-state index in [1.54, 1.807) is 0 Å². The van der Waals surface area contributed by atoms with E-state index in [0.29, 0.717) is 12.1 Å². The van der Waals surface area contributed by atoms with Crippen LogP contribution in [0.15, 0.2) is 11.1 Å². The summed E-state index contributed by atoms with van der Waals surface area (Å²) < 4.78 is 22.2. The molecule has 6 heteroatoms. The molecule has 13 heavy (non-hydrogen) atoms. The Morgan fingerprint density at radius 1 is 1.46 bits per heavy atom. The van der Waals surface area contributed by atoms with Gasteiger partial charge < -0.3 is 5.73 Å². The maximum Gasteiger partial charge on any atom is 0.221 e. The molecule has 0 saturated heterocycles. The van der Waals surface area contributed by atoms with Crippen LogP contribution in [0.4, 0.5) is 5.95 Å². The minimum atomic E-state index is -3.29. The van der Waals surface area contributed by atoms with Gasteiger partial charge in [-0.1, -0.05) is 6.92 Å². The maximum atomic E-state index is 11.1. The number of aromatic nitrogens is 2. The van der Waals surface area contributed by atoms with Crippen LogP contribution in [0.5, 0.6) is 0 Å². The Morgan fingerprint density at radius 3 is 2.54 bits per heavy atom. The number of rotatable bonds is 2. The molecule has 1 rings (SSSR count). The molecule has 0 unspecified atom stereocenters. The topological polar surface area (TPSA) is 85.9 Å². The van der Waals surface area contributed by atoms with Crippen molar-refractivity contribution in [1.82, 2.24) is 9.97 Å². The number of nitrogens with zero attached hydrogens (tertiary/aromatic N) is 2. The second kappa shape index (κ2) is 3.29. The fourth-order valence-electron chi connectivity index (χ4n) is 0.863. The van der Waals surface area contributed by atoms with Gasteiger partial charge in [0.25, 0.3) is 0 Å². The van der Waals surface area contributed by atoms with Gasteiger partial charge >= 0.3 is 0 Å². The van der Waals surface area contributed by atoms with Crippen LogP contribution in [-0.4, -0.2) is 24.6 Å². The lowest BCUT2D eigenvalue weighted by Crippen LogP contribution is -2.06. The van der Waals surface area contributed by atoms with Gasteiger partial charge in [0.15, 0.2) is 14.9 Å². The van der Waals surface area contributed by atoms with Gasteiger partial charge in [-0.15, -0.1) is 0 Å². The highest BCUT2D eigenvalue weighted by Crippen LogP contribution is 2.09. The van der Waals surface area contributed by atoms with Gasteiger partial charge in [0.2, 0.25) is 5.95 Å². The van der Waals surface area contributed by atoms with E-state index in [1.165, 1.54) is 6.07 Å². The summed E-state index contributed by atoms with van der Waals surface area (Å²) in [5.41, 5.74) is 5.98. The molecule has 0 radical (unpaired) electrons. The van der Waals surface area contributed by atoms with E-state index in [9.17, 15) is 8.42 Å². The normalized spacial score (nSPS) is 11.5. The first kappa shape index (κ1) is 9.91. The number of anilines is 1. The smallest absolute Gasteiger partial charge is 0.221 e. The van der Waals surface area contributed by atoms with Gasteiger partial charge in [-0.3, -0.25) is 0 Å². The molecule has 0 bridgehead atoms. The lowest BCUT2D eigenvalue weighted by atomic mass is 10.3. The molecule has 1 aromatic rings. The third kappa shape index (κ3) is 2.38. The summed E-state index contributed by atoms with van der Waals surface area (Å²) in [4.78, 5) is 7.50. The summed E-state index contributed by atoms with van der Waals surface area (Å²) in [5.74, 6) is -0.000208. The van der Waals surface area contributed by atoms with Crippen molar-refractivity contribution in [2.75, 3.05) is 12.0 Å². The van der Waals surface area contributed by atoms with Crippen molar-refractivity contribution >= 4 is 15.8 Å². The first-order chi connectivity index (χ1) is 5.93. The fourth-order valence-corrected chi connectivity index (χ4v) is 1.47. The van der Waals surface area contributed by atoms with Crippen molar-refractivity contribution in [2.24, 2.45) is 0 Å². The molecular weight excluding hydrogens is 190 g/mol. The molecule has 5 nitrogen and oxygen atoms in total. The van der Waals surface area contributed by atoms with Crippen molar-refractivity contribution in [2.45, 2.75) is 18.4 Å². The van der Waals surface area contributed by atoms with Gasteiger partial charge in [0.1, 0.15) is 0 Å². The molecule has 0 amide bonds. The molecule has 0 aliphatic carbocycles. The van der Waals surface area contributed by atoms with Gasteiger partial charge in [-0.05, 0) is 12.5 Å². The van der Waals surface area contributed by atoms with Crippen molar-refractivity contribution in [1.29, 1.82) is 0 Å². The highest BCUT2D eigenvalue weighted by molar-refractivity contribution is 7.90. The maximum absolute atomic E-state index is 11.1. The highest BCUT2D eigenvalue weighted by Gasteiger charge is 2.11. The molecule has 0 saturated carbocycles. The van der Waals surface area contributed by atoms with Crippen LogP contribution in [0, 0.1) is 0 Å². The van der Waals surface area contributed by atoms with Crippen LogP contribution in [0.2, 0.25) is 0 Å². The van der Waals surface area contributed by atoms with Crippen LogP contribution in [0.25, 0.3) is 0 Å². The summed E-state index contributed by atoms with van der Waals surface area (Å²) >= 11 is 0. The third-order valence-corrected chi connectivity index (χ3v) is 2.48. The number of hydrogen-bond acceptors (Lipinski definition) is 5. The van der Waals surface area contributed by atoms with E-state index in [4.69, 9.17) is 5.73 Å². The molecule has 2 N–H and O–H groups in total. The fraction of sp³-hybridized carbons (Fsp3) is 0.429. The Balaban J connectivity index is 3.33. The van der Waals surface area contributed by atoms with Crippen LogP contribution in [-0.2, 0) is 16.3 Å². The molecule has 0 spiro atoms. The first-order valence-electron chi connectivity index (χ1n) is 3.77. The minimum absolute atomic E-state index is 0.000208. The number of aryl methyl sites for hydroxylation is 1. The second-order valence-electron chi connectivity index (χ2n) is 2.68. The molecule has 0 atom stereocenters. The Kier molecular flexibility index (Phi) is 2.51. The minimum Gasteiger partial charge on any atom is -0.368 e. The highest BCUT2D eigenvalue weighted by atomic mass is 32.2. The largest absolute Gasteiger partial charge is 0.368 e.